The van der Waals surface area contributed by atoms with Crippen LogP contribution >= 0.6 is 0 Å². The number of anilines is 1. The minimum atomic E-state index is -0.113. The fourth-order valence-electron chi connectivity index (χ4n) is 4.35. The van der Waals surface area contributed by atoms with Crippen LogP contribution in [-0.2, 0) is 6.61 Å². The van der Waals surface area contributed by atoms with Crippen molar-refractivity contribution in [3.63, 3.8) is 0 Å². The molecular formula is C23H29N3O2. The summed E-state index contributed by atoms with van der Waals surface area (Å²) in [4.78, 5) is 15.0. The summed E-state index contributed by atoms with van der Waals surface area (Å²) >= 11 is 0. The van der Waals surface area contributed by atoms with Gasteiger partial charge in [0.25, 0.3) is 0 Å². The molecule has 2 N–H and O–H groups in total. The molecule has 2 aromatic carbocycles. The molecule has 2 saturated heterocycles. The second-order valence-electron chi connectivity index (χ2n) is 7.84. The number of urea groups is 1. The van der Waals surface area contributed by atoms with E-state index in [1.165, 1.54) is 25.8 Å². The number of hydrogen-bond donors (Lipinski definition) is 2. The van der Waals surface area contributed by atoms with Gasteiger partial charge >= 0.3 is 6.03 Å². The predicted octanol–water partition coefficient (Wildman–Crippen LogP) is 4.32. The summed E-state index contributed by atoms with van der Waals surface area (Å²) in [6, 6.07) is 16.5. The molecule has 2 aliphatic rings. The minimum absolute atomic E-state index is 0.113. The number of piperidine rings is 1. The van der Waals surface area contributed by atoms with Gasteiger partial charge in [-0.05, 0) is 62.1 Å². The molecule has 5 nitrogen and oxygen atoms in total. The van der Waals surface area contributed by atoms with Gasteiger partial charge in [0, 0.05) is 24.3 Å². The number of fused-ring (bicyclic) bond motifs is 1. The highest BCUT2D eigenvalue weighted by Crippen LogP contribution is 2.27. The molecule has 0 aromatic heterocycles. The molecule has 0 spiro atoms. The van der Waals surface area contributed by atoms with Crippen LogP contribution in [0.3, 0.4) is 0 Å². The Morgan fingerprint density at radius 1 is 1.11 bits per heavy atom. The van der Waals surface area contributed by atoms with Crippen molar-refractivity contribution in [1.29, 1.82) is 0 Å². The van der Waals surface area contributed by atoms with Crippen molar-refractivity contribution in [3.05, 3.63) is 59.7 Å². The molecule has 2 atom stereocenters. The molecule has 2 unspecified atom stereocenters. The van der Waals surface area contributed by atoms with Gasteiger partial charge in [-0.15, -0.1) is 0 Å². The number of ether oxygens (including phenoxy) is 1. The van der Waals surface area contributed by atoms with E-state index in [9.17, 15) is 4.79 Å². The Morgan fingerprint density at radius 3 is 2.79 bits per heavy atom. The van der Waals surface area contributed by atoms with E-state index in [4.69, 9.17) is 4.74 Å². The van der Waals surface area contributed by atoms with E-state index in [1.54, 1.807) is 0 Å². The van der Waals surface area contributed by atoms with Crippen LogP contribution in [-0.4, -0.2) is 36.1 Å². The van der Waals surface area contributed by atoms with Crippen molar-refractivity contribution in [2.24, 2.45) is 0 Å². The molecule has 5 heteroatoms. The van der Waals surface area contributed by atoms with Crippen LogP contribution in [0.5, 0.6) is 5.75 Å². The summed E-state index contributed by atoms with van der Waals surface area (Å²) < 4.78 is 5.87. The minimum Gasteiger partial charge on any atom is -0.489 e. The molecule has 0 aliphatic carbocycles. The van der Waals surface area contributed by atoms with Crippen molar-refractivity contribution in [2.75, 3.05) is 18.4 Å². The smallest absolute Gasteiger partial charge is 0.319 e. The molecule has 0 saturated carbocycles. The van der Waals surface area contributed by atoms with E-state index >= 15 is 0 Å². The quantitative estimate of drug-likeness (QED) is 0.813. The van der Waals surface area contributed by atoms with Gasteiger partial charge in [-0.1, -0.05) is 36.8 Å². The van der Waals surface area contributed by atoms with Gasteiger partial charge in [-0.25, -0.2) is 4.79 Å². The first-order chi connectivity index (χ1) is 13.7. The molecule has 28 heavy (non-hydrogen) atoms. The molecule has 2 fully saturated rings. The summed E-state index contributed by atoms with van der Waals surface area (Å²) in [5.74, 6) is 0.806. The van der Waals surface area contributed by atoms with Crippen molar-refractivity contribution >= 4 is 11.7 Å². The Hall–Kier alpha value is -2.53. The SMILES string of the molecule is Cc1cc(OCc2ccccc2)ccc1NC(=O)NC1CCN2CCCCC12. The summed E-state index contributed by atoms with van der Waals surface area (Å²) in [7, 11) is 0. The van der Waals surface area contributed by atoms with Gasteiger partial charge in [0.2, 0.25) is 0 Å². The standard InChI is InChI=1S/C23H29N3O2/c1-17-15-19(28-16-18-7-3-2-4-8-18)10-11-20(17)24-23(27)25-21-12-14-26-13-6-5-9-22(21)26/h2-4,7-8,10-11,15,21-22H,5-6,9,12-14,16H2,1H3,(H2,24,25,27). The zero-order valence-corrected chi connectivity index (χ0v) is 16.5. The van der Waals surface area contributed by atoms with E-state index in [1.807, 2.05) is 55.5 Å². The number of benzene rings is 2. The van der Waals surface area contributed by atoms with E-state index in [-0.39, 0.29) is 12.1 Å². The normalized spacial score (nSPS) is 21.8. The average Bonchev–Trinajstić information content (AvgIpc) is 3.12. The maximum atomic E-state index is 12.5. The maximum absolute atomic E-state index is 12.5. The first-order valence-electron chi connectivity index (χ1n) is 10.3. The summed E-state index contributed by atoms with van der Waals surface area (Å²) in [6.45, 7) is 4.80. The number of rotatable bonds is 5. The number of hydrogen-bond acceptors (Lipinski definition) is 3. The topological polar surface area (TPSA) is 53.6 Å². The first kappa shape index (κ1) is 18.8. The highest BCUT2D eigenvalue weighted by molar-refractivity contribution is 5.90. The molecular weight excluding hydrogens is 350 g/mol. The van der Waals surface area contributed by atoms with Crippen molar-refractivity contribution in [2.45, 2.75) is 51.3 Å². The lowest BCUT2D eigenvalue weighted by atomic mass is 9.99. The van der Waals surface area contributed by atoms with Gasteiger partial charge in [-0.3, -0.25) is 4.90 Å². The van der Waals surface area contributed by atoms with Crippen LogP contribution in [0.4, 0.5) is 10.5 Å². The van der Waals surface area contributed by atoms with E-state index in [0.717, 1.165) is 35.5 Å². The summed E-state index contributed by atoms with van der Waals surface area (Å²) in [5.41, 5.74) is 2.95. The van der Waals surface area contributed by atoms with Crippen LogP contribution in [0.1, 0.15) is 36.8 Å². The van der Waals surface area contributed by atoms with Gasteiger partial charge in [0.05, 0.1) is 0 Å². The predicted molar refractivity (Wildman–Crippen MR) is 112 cm³/mol. The number of carbonyl (C=O) groups is 1. The third-order valence-electron chi connectivity index (χ3n) is 5.87. The van der Waals surface area contributed by atoms with Crippen molar-refractivity contribution in [1.82, 2.24) is 10.2 Å². The third kappa shape index (κ3) is 4.47. The summed E-state index contributed by atoms with van der Waals surface area (Å²) in [6.07, 6.45) is 4.79. The van der Waals surface area contributed by atoms with E-state index in [2.05, 4.69) is 15.5 Å². The lowest BCUT2D eigenvalue weighted by Crippen LogP contribution is -2.48. The molecule has 2 aliphatic heterocycles. The Balaban J connectivity index is 1.31. The molecule has 4 rings (SSSR count). The largest absolute Gasteiger partial charge is 0.489 e. The van der Waals surface area contributed by atoms with Crippen LogP contribution < -0.4 is 15.4 Å². The molecule has 0 bridgehead atoms. The van der Waals surface area contributed by atoms with Gasteiger partial charge in [0.15, 0.2) is 0 Å². The summed E-state index contributed by atoms with van der Waals surface area (Å²) in [5, 5.41) is 6.20. The van der Waals surface area contributed by atoms with Gasteiger partial charge in [0.1, 0.15) is 12.4 Å². The Morgan fingerprint density at radius 2 is 1.96 bits per heavy atom. The Labute approximate surface area is 167 Å². The van der Waals surface area contributed by atoms with E-state index < -0.39 is 0 Å². The lowest BCUT2D eigenvalue weighted by Gasteiger charge is -2.32. The fraction of sp³-hybridized carbons (Fsp3) is 0.435. The number of nitrogens with zero attached hydrogens (tertiary/aromatic N) is 1. The molecule has 2 aromatic rings. The van der Waals surface area contributed by atoms with E-state index in [0.29, 0.717) is 12.6 Å². The second kappa shape index (κ2) is 8.65. The number of amides is 2. The zero-order chi connectivity index (χ0) is 19.3. The highest BCUT2D eigenvalue weighted by Gasteiger charge is 2.36. The molecule has 148 valence electrons. The third-order valence-corrected chi connectivity index (χ3v) is 5.87. The van der Waals surface area contributed by atoms with Gasteiger partial charge in [-0.2, -0.15) is 0 Å². The Kier molecular flexibility index (Phi) is 5.81. The highest BCUT2D eigenvalue weighted by atomic mass is 16.5. The zero-order valence-electron chi connectivity index (χ0n) is 16.5. The average molecular weight is 380 g/mol. The molecule has 0 radical (unpaired) electrons. The number of nitrogens with one attached hydrogen (secondary N) is 2. The lowest BCUT2D eigenvalue weighted by molar-refractivity contribution is 0.180. The van der Waals surface area contributed by atoms with Crippen LogP contribution in [0.25, 0.3) is 0 Å². The van der Waals surface area contributed by atoms with Crippen molar-refractivity contribution < 1.29 is 9.53 Å². The van der Waals surface area contributed by atoms with Gasteiger partial charge < -0.3 is 15.4 Å². The monoisotopic (exact) mass is 379 g/mol. The first-order valence-corrected chi connectivity index (χ1v) is 10.3. The van der Waals surface area contributed by atoms with Crippen LogP contribution in [0.15, 0.2) is 48.5 Å². The Bertz CT molecular complexity index is 809. The molecule has 2 amide bonds. The fourth-order valence-corrected chi connectivity index (χ4v) is 4.35. The molecule has 2 heterocycles. The van der Waals surface area contributed by atoms with Crippen LogP contribution in [0.2, 0.25) is 0 Å². The maximum Gasteiger partial charge on any atom is 0.319 e. The second-order valence-corrected chi connectivity index (χ2v) is 7.84. The number of aryl methyl sites for hydroxylation is 1. The van der Waals surface area contributed by atoms with Crippen molar-refractivity contribution in [3.8, 4) is 5.75 Å². The number of carbonyl (C=O) groups excluding carboxylic acids is 1. The van der Waals surface area contributed by atoms with Crippen LogP contribution in [0, 0.1) is 6.92 Å².